The number of rotatable bonds is 8. The molecule has 0 bridgehead atoms. The minimum absolute atomic E-state index is 0.0161. The quantitative estimate of drug-likeness (QED) is 0.240. The molecule has 0 unspecified atom stereocenters. The van der Waals surface area contributed by atoms with Crippen LogP contribution in [0.2, 0.25) is 0 Å². The largest absolute Gasteiger partial charge is 0.462 e. The number of aryl methyl sites for hydroxylation is 1. The number of hydrogen-bond donors (Lipinski definition) is 1. The molecule has 0 aliphatic rings. The van der Waals surface area contributed by atoms with E-state index >= 15 is 0 Å². The molecule has 2 aromatic carbocycles. The predicted molar refractivity (Wildman–Crippen MR) is 130 cm³/mol. The zero-order valence-corrected chi connectivity index (χ0v) is 19.9. The van der Waals surface area contributed by atoms with E-state index in [1.807, 2.05) is 0 Å². The minimum Gasteiger partial charge on any atom is -0.462 e. The Balaban J connectivity index is 2.11. The van der Waals surface area contributed by atoms with Crippen molar-refractivity contribution in [2.75, 3.05) is 11.9 Å². The Morgan fingerprint density at radius 2 is 1.50 bits per heavy atom. The number of thiophene rings is 1. The Morgan fingerprint density at radius 1 is 0.944 bits per heavy atom. The van der Waals surface area contributed by atoms with Gasteiger partial charge in [0.05, 0.1) is 26.9 Å². The first-order valence-electron chi connectivity index (χ1n) is 10.3. The number of benzene rings is 2. The summed E-state index contributed by atoms with van der Waals surface area (Å²) < 4.78 is 5.14. The topological polar surface area (TPSA) is 185 Å². The van der Waals surface area contributed by atoms with Crippen molar-refractivity contribution in [2.45, 2.75) is 20.8 Å². The molecule has 0 saturated carbocycles. The maximum atomic E-state index is 13.0. The van der Waals surface area contributed by atoms with Crippen molar-refractivity contribution in [3.63, 3.8) is 0 Å². The average molecular weight is 514 g/mol. The second kappa shape index (κ2) is 10.3. The summed E-state index contributed by atoms with van der Waals surface area (Å²) in [5.74, 6) is -1.69. The van der Waals surface area contributed by atoms with Gasteiger partial charge in [-0.1, -0.05) is 0 Å². The van der Waals surface area contributed by atoms with E-state index < -0.39 is 38.0 Å². The van der Waals surface area contributed by atoms with E-state index in [4.69, 9.17) is 4.74 Å². The third kappa shape index (κ3) is 5.02. The second-order valence-electron chi connectivity index (χ2n) is 7.37. The van der Waals surface area contributed by atoms with Crippen molar-refractivity contribution >= 4 is 45.3 Å². The van der Waals surface area contributed by atoms with Gasteiger partial charge in [0.15, 0.2) is 0 Å². The number of nitrogens with zero attached hydrogens (tertiary/aromatic N) is 3. The molecule has 186 valence electrons. The van der Waals surface area contributed by atoms with Crippen LogP contribution < -0.4 is 5.32 Å². The fourth-order valence-corrected chi connectivity index (χ4v) is 4.56. The zero-order chi connectivity index (χ0) is 26.7. The van der Waals surface area contributed by atoms with Gasteiger partial charge in [-0.15, -0.1) is 11.3 Å². The number of nitro groups is 3. The number of nitro benzene ring substituents is 3. The molecule has 0 radical (unpaired) electrons. The average Bonchev–Trinajstić information content (AvgIpc) is 3.14. The molecule has 0 aliphatic heterocycles. The lowest BCUT2D eigenvalue weighted by Crippen LogP contribution is -2.15. The van der Waals surface area contributed by atoms with Gasteiger partial charge in [0, 0.05) is 34.7 Å². The van der Waals surface area contributed by atoms with Gasteiger partial charge >= 0.3 is 5.97 Å². The smallest absolute Gasteiger partial charge is 0.341 e. The fraction of sp³-hybridized carbons (Fsp3) is 0.182. The van der Waals surface area contributed by atoms with Crippen molar-refractivity contribution in [3.05, 3.63) is 88.3 Å². The molecule has 36 heavy (non-hydrogen) atoms. The highest BCUT2D eigenvalue weighted by Gasteiger charge is 2.29. The molecule has 1 amide bonds. The Hall–Kier alpha value is -4.72. The summed E-state index contributed by atoms with van der Waals surface area (Å²) in [7, 11) is 0. The highest BCUT2D eigenvalue weighted by molar-refractivity contribution is 7.17. The molecule has 14 heteroatoms. The molecule has 3 rings (SSSR count). The van der Waals surface area contributed by atoms with Gasteiger partial charge < -0.3 is 10.1 Å². The Labute approximate surface area is 206 Å². The third-order valence-corrected chi connectivity index (χ3v) is 6.19. The summed E-state index contributed by atoms with van der Waals surface area (Å²) in [6.07, 6.45) is 0. The standard InChI is InChI=1S/C22H18N4O9S/c1-4-35-22(28)19-18(13-5-7-15(8-6-13)24(29)30)12(3)36-21(19)23-20(27)14-9-16(25(31)32)11(2)17(10-14)26(33)34/h5-10H,4H2,1-3H3,(H,23,27). The maximum absolute atomic E-state index is 13.0. The van der Waals surface area contributed by atoms with Crippen LogP contribution in [0, 0.1) is 44.2 Å². The summed E-state index contributed by atoms with van der Waals surface area (Å²) in [5.41, 5.74) is -1.09. The molecule has 1 aromatic heterocycles. The number of carbonyl (C=O) groups excluding carboxylic acids is 2. The van der Waals surface area contributed by atoms with E-state index in [1.165, 1.54) is 31.2 Å². The lowest BCUT2D eigenvalue weighted by molar-refractivity contribution is -0.395. The van der Waals surface area contributed by atoms with Gasteiger partial charge in [0.2, 0.25) is 0 Å². The first-order valence-corrected chi connectivity index (χ1v) is 11.1. The maximum Gasteiger partial charge on any atom is 0.341 e. The summed E-state index contributed by atoms with van der Waals surface area (Å²) in [6.45, 7) is 4.49. The first-order chi connectivity index (χ1) is 17.0. The van der Waals surface area contributed by atoms with Crippen molar-refractivity contribution < 1.29 is 29.1 Å². The molecular weight excluding hydrogens is 496 g/mol. The number of amides is 1. The first kappa shape index (κ1) is 25.9. The van der Waals surface area contributed by atoms with E-state index in [0.717, 1.165) is 23.5 Å². The Kier molecular flexibility index (Phi) is 7.39. The summed E-state index contributed by atoms with van der Waals surface area (Å²) in [5, 5.41) is 36.3. The second-order valence-corrected chi connectivity index (χ2v) is 8.59. The van der Waals surface area contributed by atoms with Crippen LogP contribution in [0.1, 0.15) is 38.1 Å². The number of anilines is 1. The van der Waals surface area contributed by atoms with Crippen LogP contribution in [-0.2, 0) is 4.74 Å². The number of nitrogens with one attached hydrogen (secondary N) is 1. The summed E-state index contributed by atoms with van der Waals surface area (Å²) in [6, 6.07) is 7.27. The van der Waals surface area contributed by atoms with Gasteiger partial charge in [-0.05, 0) is 38.5 Å². The van der Waals surface area contributed by atoms with E-state index in [2.05, 4.69) is 5.32 Å². The number of hydrogen-bond acceptors (Lipinski definition) is 10. The predicted octanol–water partition coefficient (Wildman–Crippen LogP) is 5.19. The molecule has 1 N–H and O–H groups in total. The van der Waals surface area contributed by atoms with E-state index in [0.29, 0.717) is 16.0 Å². The van der Waals surface area contributed by atoms with Gasteiger partial charge in [0.25, 0.3) is 23.0 Å². The van der Waals surface area contributed by atoms with Crippen LogP contribution in [0.15, 0.2) is 36.4 Å². The highest BCUT2D eigenvalue weighted by atomic mass is 32.1. The van der Waals surface area contributed by atoms with Gasteiger partial charge in [0.1, 0.15) is 16.1 Å². The Bertz CT molecular complexity index is 1380. The molecule has 3 aromatic rings. The minimum atomic E-state index is -0.914. The molecule has 0 atom stereocenters. The summed E-state index contributed by atoms with van der Waals surface area (Å²) >= 11 is 1.01. The van der Waals surface area contributed by atoms with Crippen LogP contribution >= 0.6 is 11.3 Å². The van der Waals surface area contributed by atoms with E-state index in [1.54, 1.807) is 13.8 Å². The van der Waals surface area contributed by atoms with Gasteiger partial charge in [-0.3, -0.25) is 35.1 Å². The van der Waals surface area contributed by atoms with E-state index in [9.17, 15) is 39.9 Å². The molecule has 0 fully saturated rings. The van der Waals surface area contributed by atoms with Crippen LogP contribution in [0.5, 0.6) is 0 Å². The number of carbonyl (C=O) groups is 2. The molecule has 0 spiro atoms. The number of non-ortho nitro benzene ring substituents is 1. The molecule has 13 nitrogen and oxygen atoms in total. The SMILES string of the molecule is CCOC(=O)c1c(NC(=O)c2cc([N+](=O)[O-])c(C)c([N+](=O)[O-])c2)sc(C)c1-c1ccc([N+](=O)[O-])cc1. The summed E-state index contributed by atoms with van der Waals surface area (Å²) in [4.78, 5) is 57.9. The Morgan fingerprint density at radius 3 is 1.97 bits per heavy atom. The normalized spacial score (nSPS) is 10.5. The third-order valence-electron chi connectivity index (χ3n) is 5.17. The van der Waals surface area contributed by atoms with Gasteiger partial charge in [-0.25, -0.2) is 4.79 Å². The molecule has 1 heterocycles. The number of ether oxygens (including phenoxy) is 1. The van der Waals surface area contributed by atoms with Crippen LogP contribution in [0.3, 0.4) is 0 Å². The monoisotopic (exact) mass is 514 g/mol. The lowest BCUT2D eigenvalue weighted by atomic mass is 10.0. The van der Waals surface area contributed by atoms with Crippen molar-refractivity contribution in [1.29, 1.82) is 0 Å². The lowest BCUT2D eigenvalue weighted by Gasteiger charge is -2.10. The molecule has 0 aliphatic carbocycles. The zero-order valence-electron chi connectivity index (χ0n) is 19.1. The van der Waals surface area contributed by atoms with E-state index in [-0.39, 0.29) is 34.0 Å². The van der Waals surface area contributed by atoms with Crippen molar-refractivity contribution in [1.82, 2.24) is 0 Å². The van der Waals surface area contributed by atoms with Crippen molar-refractivity contribution in [2.24, 2.45) is 0 Å². The van der Waals surface area contributed by atoms with Crippen LogP contribution in [0.4, 0.5) is 22.1 Å². The molecule has 0 saturated heterocycles. The fourth-order valence-electron chi connectivity index (χ4n) is 3.50. The highest BCUT2D eigenvalue weighted by Crippen LogP contribution is 2.41. The van der Waals surface area contributed by atoms with Crippen molar-refractivity contribution in [3.8, 4) is 11.1 Å². The van der Waals surface area contributed by atoms with Crippen LogP contribution in [-0.4, -0.2) is 33.3 Å². The molecular formula is C22H18N4O9S. The van der Waals surface area contributed by atoms with Crippen LogP contribution in [0.25, 0.3) is 11.1 Å². The number of esters is 1. The van der Waals surface area contributed by atoms with Gasteiger partial charge in [-0.2, -0.15) is 0 Å².